The first kappa shape index (κ1) is 22.7. The van der Waals surface area contributed by atoms with E-state index in [-0.39, 0.29) is 23.9 Å². The summed E-state index contributed by atoms with van der Waals surface area (Å²) in [6.07, 6.45) is 3.74. The zero-order chi connectivity index (χ0) is 23.4. The highest BCUT2D eigenvalue weighted by molar-refractivity contribution is 5.95. The smallest absolute Gasteiger partial charge is 0.296 e. The van der Waals surface area contributed by atoms with Gasteiger partial charge in [0.25, 0.3) is 11.5 Å². The van der Waals surface area contributed by atoms with Crippen molar-refractivity contribution >= 4 is 5.91 Å². The normalized spacial score (nSPS) is 14.2. The Morgan fingerprint density at radius 2 is 1.67 bits per heavy atom. The van der Waals surface area contributed by atoms with E-state index in [9.17, 15) is 19.1 Å². The van der Waals surface area contributed by atoms with E-state index in [0.717, 1.165) is 19.6 Å². The second-order valence-corrected chi connectivity index (χ2v) is 8.34. The topological polar surface area (TPSA) is 87.5 Å². The largest absolute Gasteiger partial charge is 0.501 e. The van der Waals surface area contributed by atoms with Crippen molar-refractivity contribution in [2.24, 2.45) is 7.05 Å². The highest BCUT2D eigenvalue weighted by atomic mass is 19.1. The Kier molecular flexibility index (Phi) is 6.84. The fourth-order valence-electron chi connectivity index (χ4n) is 4.01. The van der Waals surface area contributed by atoms with E-state index in [1.807, 2.05) is 24.3 Å². The molecule has 0 aliphatic carbocycles. The number of nitrogens with zero attached hydrogens (tertiary/aromatic N) is 3. The number of rotatable bonds is 6. The van der Waals surface area contributed by atoms with E-state index >= 15 is 0 Å². The lowest BCUT2D eigenvalue weighted by Crippen LogP contribution is -2.29. The van der Waals surface area contributed by atoms with Gasteiger partial charge < -0.3 is 10.4 Å². The van der Waals surface area contributed by atoms with Crippen LogP contribution in [0.15, 0.2) is 53.3 Å². The molecule has 0 bridgehead atoms. The quantitative estimate of drug-likeness (QED) is 0.602. The number of hydrogen-bond donors (Lipinski definition) is 2. The lowest BCUT2D eigenvalue weighted by molar-refractivity contribution is 0.0942. The molecule has 1 saturated heterocycles. The maximum absolute atomic E-state index is 13.1. The number of aromatic hydroxyl groups is 1. The van der Waals surface area contributed by atoms with Gasteiger partial charge in [-0.3, -0.25) is 19.1 Å². The Morgan fingerprint density at radius 1 is 1.03 bits per heavy atom. The first-order valence-corrected chi connectivity index (χ1v) is 11.1. The van der Waals surface area contributed by atoms with E-state index in [1.54, 1.807) is 12.1 Å². The summed E-state index contributed by atoms with van der Waals surface area (Å²) in [5.41, 5.74) is 1.47. The van der Waals surface area contributed by atoms with Crippen molar-refractivity contribution in [2.75, 3.05) is 13.1 Å². The lowest BCUT2D eigenvalue weighted by atomic mass is 10.1. The van der Waals surface area contributed by atoms with E-state index in [4.69, 9.17) is 0 Å². The van der Waals surface area contributed by atoms with Crippen LogP contribution < -0.4 is 10.9 Å². The van der Waals surface area contributed by atoms with Crippen LogP contribution in [0.4, 0.5) is 4.39 Å². The van der Waals surface area contributed by atoms with E-state index in [0.29, 0.717) is 11.1 Å². The van der Waals surface area contributed by atoms with Crippen molar-refractivity contribution in [2.45, 2.75) is 32.4 Å². The third kappa shape index (κ3) is 5.28. The molecule has 2 aromatic carbocycles. The lowest BCUT2D eigenvalue weighted by Gasteiger charge is -2.26. The summed E-state index contributed by atoms with van der Waals surface area (Å²) >= 11 is 0. The molecule has 7 nitrogen and oxygen atoms in total. The number of halogens is 1. The Hall–Kier alpha value is -3.52. The van der Waals surface area contributed by atoms with Crippen LogP contribution in [0.1, 0.15) is 40.9 Å². The van der Waals surface area contributed by atoms with Gasteiger partial charge in [-0.2, -0.15) is 0 Å². The molecule has 33 heavy (non-hydrogen) atoms. The first-order chi connectivity index (χ1) is 15.9. The minimum absolute atomic E-state index is 0.107. The van der Waals surface area contributed by atoms with Crippen LogP contribution in [-0.4, -0.2) is 38.6 Å². The summed E-state index contributed by atoms with van der Waals surface area (Å²) in [6, 6.07) is 13.4. The second kappa shape index (κ2) is 9.95. The molecular weight excluding hydrogens is 423 g/mol. The molecule has 2 heterocycles. The van der Waals surface area contributed by atoms with Gasteiger partial charge >= 0.3 is 0 Å². The average Bonchev–Trinajstić information content (AvgIpc) is 2.83. The number of nitrogens with one attached hydrogen (secondary N) is 1. The molecular formula is C25H27FN4O3. The van der Waals surface area contributed by atoms with Gasteiger partial charge in [-0.05, 0) is 49.2 Å². The Bertz CT molecular complexity index is 1180. The fourth-order valence-corrected chi connectivity index (χ4v) is 4.01. The van der Waals surface area contributed by atoms with Gasteiger partial charge in [0.1, 0.15) is 11.6 Å². The molecule has 0 spiro atoms. The van der Waals surface area contributed by atoms with Crippen molar-refractivity contribution < 1.29 is 14.3 Å². The minimum atomic E-state index is -0.709. The van der Waals surface area contributed by atoms with Crippen LogP contribution in [0.3, 0.4) is 0 Å². The van der Waals surface area contributed by atoms with Crippen LogP contribution >= 0.6 is 0 Å². The Morgan fingerprint density at radius 3 is 2.33 bits per heavy atom. The van der Waals surface area contributed by atoms with Crippen molar-refractivity contribution in [3.8, 4) is 17.1 Å². The predicted octanol–water partition coefficient (Wildman–Crippen LogP) is 3.21. The molecule has 3 aromatic rings. The molecule has 1 aromatic heterocycles. The van der Waals surface area contributed by atoms with Gasteiger partial charge in [0, 0.05) is 25.7 Å². The van der Waals surface area contributed by atoms with Crippen molar-refractivity contribution in [1.82, 2.24) is 19.8 Å². The molecule has 1 aliphatic rings. The summed E-state index contributed by atoms with van der Waals surface area (Å²) < 4.78 is 14.3. The summed E-state index contributed by atoms with van der Waals surface area (Å²) in [5, 5.41) is 12.9. The predicted molar refractivity (Wildman–Crippen MR) is 123 cm³/mol. The minimum Gasteiger partial charge on any atom is -0.501 e. The SMILES string of the molecule is Cn1c(-c2ccc(CN3CCCCC3)cc2)nc(C(=O)NCc2ccc(F)cc2)c(O)c1=O. The number of carbonyl (C=O) groups is 1. The molecule has 1 fully saturated rings. The first-order valence-electron chi connectivity index (χ1n) is 11.1. The number of hydrogen-bond acceptors (Lipinski definition) is 5. The number of likely N-dealkylation sites (tertiary alicyclic amines) is 1. The van der Waals surface area contributed by atoms with Crippen LogP contribution in [-0.2, 0) is 20.1 Å². The molecule has 4 rings (SSSR count). The highest BCUT2D eigenvalue weighted by Gasteiger charge is 2.21. The molecule has 2 N–H and O–H groups in total. The summed E-state index contributed by atoms with van der Waals surface area (Å²) in [6.45, 7) is 3.19. The van der Waals surface area contributed by atoms with Gasteiger partial charge in [0.05, 0.1) is 0 Å². The van der Waals surface area contributed by atoms with Gasteiger partial charge in [-0.25, -0.2) is 9.37 Å². The van der Waals surface area contributed by atoms with E-state index in [1.165, 1.54) is 48.6 Å². The Labute approximate surface area is 191 Å². The van der Waals surface area contributed by atoms with Crippen molar-refractivity contribution in [1.29, 1.82) is 0 Å². The zero-order valence-electron chi connectivity index (χ0n) is 18.6. The molecule has 0 unspecified atom stereocenters. The molecule has 172 valence electrons. The Balaban J connectivity index is 1.54. The molecule has 1 amide bonds. The molecule has 0 saturated carbocycles. The highest BCUT2D eigenvalue weighted by Crippen LogP contribution is 2.21. The monoisotopic (exact) mass is 450 g/mol. The molecule has 0 radical (unpaired) electrons. The standard InChI is InChI=1S/C25H27FN4O3/c1-29-23(19-9-5-18(6-10-19)16-30-13-3-2-4-14-30)28-21(22(31)25(29)33)24(32)27-15-17-7-11-20(26)12-8-17/h5-12,31H,2-4,13-16H2,1H3,(H,27,32). The van der Waals surface area contributed by atoms with Gasteiger partial charge in [0.2, 0.25) is 5.75 Å². The average molecular weight is 451 g/mol. The van der Waals surface area contributed by atoms with Crippen LogP contribution in [0, 0.1) is 5.82 Å². The zero-order valence-corrected chi connectivity index (χ0v) is 18.6. The molecule has 0 atom stereocenters. The molecule has 1 aliphatic heterocycles. The maximum Gasteiger partial charge on any atom is 0.296 e. The third-order valence-corrected chi connectivity index (χ3v) is 5.92. The molecule has 8 heteroatoms. The second-order valence-electron chi connectivity index (χ2n) is 8.34. The van der Waals surface area contributed by atoms with Gasteiger partial charge in [-0.1, -0.05) is 42.8 Å². The number of amides is 1. The number of benzene rings is 2. The van der Waals surface area contributed by atoms with Crippen LogP contribution in [0.2, 0.25) is 0 Å². The van der Waals surface area contributed by atoms with Crippen molar-refractivity contribution in [3.05, 3.63) is 81.5 Å². The number of carbonyl (C=O) groups excluding carboxylic acids is 1. The summed E-state index contributed by atoms with van der Waals surface area (Å²) in [4.78, 5) is 32.0. The van der Waals surface area contributed by atoms with E-state index in [2.05, 4.69) is 15.2 Å². The van der Waals surface area contributed by atoms with E-state index < -0.39 is 17.2 Å². The summed E-state index contributed by atoms with van der Waals surface area (Å²) in [7, 11) is 1.51. The number of aromatic nitrogens is 2. The van der Waals surface area contributed by atoms with Gasteiger partial charge in [-0.15, -0.1) is 0 Å². The maximum atomic E-state index is 13.1. The van der Waals surface area contributed by atoms with Crippen molar-refractivity contribution in [3.63, 3.8) is 0 Å². The van der Waals surface area contributed by atoms with Gasteiger partial charge in [0.15, 0.2) is 5.69 Å². The summed E-state index contributed by atoms with van der Waals surface area (Å²) in [5.74, 6) is -1.48. The van der Waals surface area contributed by atoms with Crippen LogP contribution in [0.5, 0.6) is 5.75 Å². The van der Waals surface area contributed by atoms with Crippen LogP contribution in [0.25, 0.3) is 11.4 Å². The fraction of sp³-hybridized carbons (Fsp3) is 0.320. The number of piperidine rings is 1. The third-order valence-electron chi connectivity index (χ3n) is 5.92.